The fourth-order valence-electron chi connectivity index (χ4n) is 2.62. The van der Waals surface area contributed by atoms with Crippen molar-refractivity contribution in [3.05, 3.63) is 59.4 Å². The summed E-state index contributed by atoms with van der Waals surface area (Å²) >= 11 is 6.14. The summed E-state index contributed by atoms with van der Waals surface area (Å²) in [5.41, 5.74) is 1.56. The molecule has 3 rings (SSSR count). The lowest BCUT2D eigenvalue weighted by molar-refractivity contribution is -0.118. The summed E-state index contributed by atoms with van der Waals surface area (Å²) in [5.74, 6) is -0.153. The number of benzene rings is 1. The van der Waals surface area contributed by atoms with Gasteiger partial charge in [0, 0.05) is 25.5 Å². The molecule has 7 heteroatoms. The van der Waals surface area contributed by atoms with Gasteiger partial charge in [0.1, 0.15) is 6.04 Å². The molecule has 1 aliphatic heterocycles. The van der Waals surface area contributed by atoms with Crippen molar-refractivity contribution >= 4 is 29.2 Å². The second kappa shape index (κ2) is 7.31. The smallest absolute Gasteiger partial charge is 0.315 e. The standard InChI is InChI=1S/C17H17ClN4O2/c18-13-5-1-2-6-15(13)22-9-7-14(16(22)23)21-17(24)20-11-12-4-3-8-19-10-12/h1-6,8,10,14H,7,9,11H2,(H2,20,21,24). The van der Waals surface area contributed by atoms with E-state index < -0.39 is 6.04 Å². The molecule has 3 amide bonds. The van der Waals surface area contributed by atoms with Crippen LogP contribution in [0.2, 0.25) is 5.02 Å². The third-order valence-electron chi connectivity index (χ3n) is 3.83. The number of hydrogen-bond donors (Lipinski definition) is 2. The second-order valence-electron chi connectivity index (χ2n) is 5.47. The fourth-order valence-corrected chi connectivity index (χ4v) is 2.86. The van der Waals surface area contributed by atoms with Gasteiger partial charge in [0.05, 0.1) is 10.7 Å². The minimum Gasteiger partial charge on any atom is -0.334 e. The number of urea groups is 1. The van der Waals surface area contributed by atoms with Crippen molar-refractivity contribution in [2.75, 3.05) is 11.4 Å². The number of amides is 3. The molecule has 2 heterocycles. The van der Waals surface area contributed by atoms with E-state index in [9.17, 15) is 9.59 Å². The van der Waals surface area contributed by atoms with E-state index >= 15 is 0 Å². The van der Waals surface area contributed by atoms with Gasteiger partial charge in [-0.15, -0.1) is 0 Å². The molecule has 1 atom stereocenters. The van der Waals surface area contributed by atoms with Gasteiger partial charge < -0.3 is 15.5 Å². The summed E-state index contributed by atoms with van der Waals surface area (Å²) in [7, 11) is 0. The molecule has 1 unspecified atom stereocenters. The first-order chi connectivity index (χ1) is 11.6. The lowest BCUT2D eigenvalue weighted by atomic mass is 10.2. The molecule has 2 N–H and O–H groups in total. The lowest BCUT2D eigenvalue weighted by Crippen LogP contribution is -2.46. The Morgan fingerprint density at radius 2 is 2.12 bits per heavy atom. The summed E-state index contributed by atoms with van der Waals surface area (Å²) in [4.78, 5) is 30.1. The molecule has 0 bridgehead atoms. The zero-order chi connectivity index (χ0) is 16.9. The van der Waals surface area contributed by atoms with Gasteiger partial charge in [-0.25, -0.2) is 4.79 Å². The highest BCUT2D eigenvalue weighted by Crippen LogP contribution is 2.28. The molecule has 24 heavy (non-hydrogen) atoms. The highest BCUT2D eigenvalue weighted by atomic mass is 35.5. The van der Waals surface area contributed by atoms with Gasteiger partial charge in [-0.05, 0) is 30.2 Å². The van der Waals surface area contributed by atoms with Crippen molar-refractivity contribution in [2.45, 2.75) is 19.0 Å². The fraction of sp³-hybridized carbons (Fsp3) is 0.235. The molecular formula is C17H17ClN4O2. The van der Waals surface area contributed by atoms with Crippen molar-refractivity contribution in [3.8, 4) is 0 Å². The van der Waals surface area contributed by atoms with Gasteiger partial charge >= 0.3 is 6.03 Å². The monoisotopic (exact) mass is 344 g/mol. The maximum absolute atomic E-state index is 12.5. The number of nitrogens with one attached hydrogen (secondary N) is 2. The first-order valence-electron chi connectivity index (χ1n) is 7.64. The molecule has 0 aliphatic carbocycles. The molecule has 124 valence electrons. The topological polar surface area (TPSA) is 74.3 Å². The van der Waals surface area contributed by atoms with Crippen molar-refractivity contribution in [3.63, 3.8) is 0 Å². The minimum atomic E-state index is -0.546. The zero-order valence-electron chi connectivity index (χ0n) is 12.9. The Labute approximate surface area is 144 Å². The van der Waals surface area contributed by atoms with Crippen LogP contribution in [0.25, 0.3) is 0 Å². The van der Waals surface area contributed by atoms with E-state index in [2.05, 4.69) is 15.6 Å². The van der Waals surface area contributed by atoms with Crippen LogP contribution < -0.4 is 15.5 Å². The van der Waals surface area contributed by atoms with Gasteiger partial charge in [-0.1, -0.05) is 29.8 Å². The van der Waals surface area contributed by atoms with E-state index in [1.165, 1.54) is 0 Å². The van der Waals surface area contributed by atoms with Crippen molar-refractivity contribution in [1.82, 2.24) is 15.6 Å². The van der Waals surface area contributed by atoms with Crippen molar-refractivity contribution < 1.29 is 9.59 Å². The van der Waals surface area contributed by atoms with E-state index in [1.807, 2.05) is 18.2 Å². The first kappa shape index (κ1) is 16.3. The Hall–Kier alpha value is -2.60. The number of aromatic nitrogens is 1. The number of hydrogen-bond acceptors (Lipinski definition) is 3. The average molecular weight is 345 g/mol. The van der Waals surface area contributed by atoms with Crippen LogP contribution in [0.1, 0.15) is 12.0 Å². The molecule has 1 aliphatic rings. The Bertz CT molecular complexity index is 738. The van der Waals surface area contributed by atoms with Crippen LogP contribution in [0.4, 0.5) is 10.5 Å². The van der Waals surface area contributed by atoms with Crippen LogP contribution >= 0.6 is 11.6 Å². The summed E-state index contributed by atoms with van der Waals surface area (Å²) < 4.78 is 0. The van der Waals surface area contributed by atoms with Gasteiger partial charge in [0.25, 0.3) is 0 Å². The first-order valence-corrected chi connectivity index (χ1v) is 8.02. The average Bonchev–Trinajstić information content (AvgIpc) is 2.95. The predicted octanol–water partition coefficient (Wildman–Crippen LogP) is 2.34. The van der Waals surface area contributed by atoms with E-state index in [0.717, 1.165) is 5.56 Å². The number of rotatable bonds is 4. The molecule has 1 aromatic heterocycles. The zero-order valence-corrected chi connectivity index (χ0v) is 13.7. The summed E-state index contributed by atoms with van der Waals surface area (Å²) in [6.07, 6.45) is 3.90. The summed E-state index contributed by atoms with van der Waals surface area (Å²) in [6.45, 7) is 0.880. The van der Waals surface area contributed by atoms with Gasteiger partial charge in [0.15, 0.2) is 0 Å². The van der Waals surface area contributed by atoms with E-state index in [1.54, 1.807) is 35.5 Å². The molecular weight excluding hydrogens is 328 g/mol. The van der Waals surface area contributed by atoms with E-state index in [0.29, 0.717) is 30.2 Å². The van der Waals surface area contributed by atoms with E-state index in [4.69, 9.17) is 11.6 Å². The van der Waals surface area contributed by atoms with Crippen LogP contribution in [0.5, 0.6) is 0 Å². The third-order valence-corrected chi connectivity index (χ3v) is 4.15. The molecule has 1 aromatic carbocycles. The van der Waals surface area contributed by atoms with Crippen LogP contribution in [0.15, 0.2) is 48.8 Å². The molecule has 0 spiro atoms. The van der Waals surface area contributed by atoms with Crippen LogP contribution in [-0.4, -0.2) is 29.5 Å². The van der Waals surface area contributed by atoms with E-state index in [-0.39, 0.29) is 11.9 Å². The second-order valence-corrected chi connectivity index (χ2v) is 5.88. The van der Waals surface area contributed by atoms with Crippen molar-refractivity contribution in [2.24, 2.45) is 0 Å². The quantitative estimate of drug-likeness (QED) is 0.894. The Morgan fingerprint density at radius 1 is 1.29 bits per heavy atom. The number of anilines is 1. The summed E-state index contributed by atoms with van der Waals surface area (Å²) in [5, 5.41) is 5.96. The maximum Gasteiger partial charge on any atom is 0.315 e. The third kappa shape index (κ3) is 3.65. The van der Waals surface area contributed by atoms with Crippen LogP contribution in [0.3, 0.4) is 0 Å². The number of carbonyl (C=O) groups excluding carboxylic acids is 2. The Kier molecular flexibility index (Phi) is 4.96. The highest BCUT2D eigenvalue weighted by Gasteiger charge is 2.34. The molecule has 1 saturated heterocycles. The van der Waals surface area contributed by atoms with Crippen molar-refractivity contribution in [1.29, 1.82) is 0 Å². The largest absolute Gasteiger partial charge is 0.334 e. The van der Waals surface area contributed by atoms with Gasteiger partial charge in [-0.3, -0.25) is 9.78 Å². The summed E-state index contributed by atoms with van der Waals surface area (Å²) in [6, 6.07) is 9.93. The van der Waals surface area contributed by atoms with Crippen LogP contribution in [0, 0.1) is 0 Å². The Balaban J connectivity index is 1.56. The number of para-hydroxylation sites is 1. The van der Waals surface area contributed by atoms with Gasteiger partial charge in [0.2, 0.25) is 5.91 Å². The highest BCUT2D eigenvalue weighted by molar-refractivity contribution is 6.34. The molecule has 6 nitrogen and oxygen atoms in total. The number of halogens is 1. The molecule has 1 fully saturated rings. The normalized spacial score (nSPS) is 17.0. The number of pyridine rings is 1. The van der Waals surface area contributed by atoms with Gasteiger partial charge in [-0.2, -0.15) is 0 Å². The Morgan fingerprint density at radius 3 is 2.88 bits per heavy atom. The SMILES string of the molecule is O=C(NCc1cccnc1)NC1CCN(c2ccccc2Cl)C1=O. The minimum absolute atomic E-state index is 0.153. The van der Waals surface area contributed by atoms with Crippen LogP contribution in [-0.2, 0) is 11.3 Å². The predicted molar refractivity (Wildman–Crippen MR) is 91.8 cm³/mol. The molecule has 0 saturated carbocycles. The maximum atomic E-state index is 12.5. The number of nitrogens with zero attached hydrogens (tertiary/aromatic N) is 2. The molecule has 2 aromatic rings. The lowest BCUT2D eigenvalue weighted by Gasteiger charge is -2.18. The number of carbonyl (C=O) groups is 2. The molecule has 0 radical (unpaired) electrons.